The number of aliphatic carboxylic acids is 1. The van der Waals surface area contributed by atoms with Gasteiger partial charge in [0.2, 0.25) is 0 Å². The van der Waals surface area contributed by atoms with Crippen molar-refractivity contribution in [1.29, 1.82) is 0 Å². The number of carbonyl (C=O) groups is 2. The van der Waals surface area contributed by atoms with E-state index in [1.807, 2.05) is 27.7 Å². The highest BCUT2D eigenvalue weighted by atomic mass is 16.5. The van der Waals surface area contributed by atoms with Gasteiger partial charge in [-0.2, -0.15) is 0 Å². The Hall–Kier alpha value is -1.84. The summed E-state index contributed by atoms with van der Waals surface area (Å²) < 4.78 is 5.66. The fourth-order valence-electron chi connectivity index (χ4n) is 1.77. The Bertz CT molecular complexity index is 452. The molecule has 98 valence electrons. The van der Waals surface area contributed by atoms with Crippen LogP contribution in [0, 0.1) is 13.8 Å². The third-order valence-corrected chi connectivity index (χ3v) is 2.45. The molecule has 4 heteroatoms. The van der Waals surface area contributed by atoms with E-state index in [4.69, 9.17) is 9.84 Å². The van der Waals surface area contributed by atoms with Crippen LogP contribution >= 0.6 is 0 Å². The SMILES string of the molecule is Cc1cc(C(=O)CC(=O)O)cc(C)c1OC(C)C. The van der Waals surface area contributed by atoms with Gasteiger partial charge in [0, 0.05) is 5.56 Å². The largest absolute Gasteiger partial charge is 0.490 e. The number of hydrogen-bond acceptors (Lipinski definition) is 3. The average Bonchev–Trinajstić information content (AvgIpc) is 2.21. The smallest absolute Gasteiger partial charge is 0.311 e. The molecule has 0 radical (unpaired) electrons. The van der Waals surface area contributed by atoms with Gasteiger partial charge in [-0.25, -0.2) is 0 Å². The predicted molar refractivity (Wildman–Crippen MR) is 68.3 cm³/mol. The number of rotatable bonds is 5. The van der Waals surface area contributed by atoms with Gasteiger partial charge in [0.1, 0.15) is 12.2 Å². The molecule has 4 nitrogen and oxygen atoms in total. The molecule has 0 spiro atoms. The number of benzene rings is 1. The molecule has 0 aliphatic rings. The molecule has 0 saturated carbocycles. The van der Waals surface area contributed by atoms with Crippen molar-refractivity contribution in [2.45, 2.75) is 40.2 Å². The second kappa shape index (κ2) is 5.67. The van der Waals surface area contributed by atoms with Crippen LogP contribution in [0.3, 0.4) is 0 Å². The summed E-state index contributed by atoms with van der Waals surface area (Å²) in [4.78, 5) is 22.2. The van der Waals surface area contributed by atoms with Crippen LogP contribution in [0.4, 0.5) is 0 Å². The number of carboxylic acids is 1. The first-order chi connectivity index (χ1) is 8.31. The van der Waals surface area contributed by atoms with Crippen molar-refractivity contribution < 1.29 is 19.4 Å². The molecule has 1 aromatic carbocycles. The number of carbonyl (C=O) groups excluding carboxylic acids is 1. The number of hydrogen-bond donors (Lipinski definition) is 1. The summed E-state index contributed by atoms with van der Waals surface area (Å²) in [6, 6.07) is 3.35. The lowest BCUT2D eigenvalue weighted by molar-refractivity contribution is -0.135. The van der Waals surface area contributed by atoms with E-state index in [0.717, 1.165) is 16.9 Å². The van der Waals surface area contributed by atoms with Gasteiger partial charge in [0.25, 0.3) is 0 Å². The monoisotopic (exact) mass is 250 g/mol. The zero-order chi connectivity index (χ0) is 13.9. The molecule has 18 heavy (non-hydrogen) atoms. The number of carboxylic acid groups (broad SMARTS) is 1. The van der Waals surface area contributed by atoms with Gasteiger partial charge in [-0.05, 0) is 51.0 Å². The third kappa shape index (κ3) is 3.58. The lowest BCUT2D eigenvalue weighted by Gasteiger charge is -2.16. The van der Waals surface area contributed by atoms with Gasteiger partial charge in [-0.1, -0.05) is 0 Å². The van der Waals surface area contributed by atoms with Crippen LogP contribution < -0.4 is 4.74 Å². The molecular formula is C14H18O4. The topological polar surface area (TPSA) is 63.6 Å². The third-order valence-electron chi connectivity index (χ3n) is 2.45. The van der Waals surface area contributed by atoms with Crippen LogP contribution in [0.15, 0.2) is 12.1 Å². The van der Waals surface area contributed by atoms with E-state index < -0.39 is 12.4 Å². The first-order valence-electron chi connectivity index (χ1n) is 5.84. The lowest BCUT2D eigenvalue weighted by Crippen LogP contribution is -2.11. The summed E-state index contributed by atoms with van der Waals surface area (Å²) >= 11 is 0. The predicted octanol–water partition coefficient (Wildman–Crippen LogP) is 2.75. The molecule has 0 atom stereocenters. The van der Waals surface area contributed by atoms with Crippen molar-refractivity contribution in [3.05, 3.63) is 28.8 Å². The van der Waals surface area contributed by atoms with Gasteiger partial charge in [-0.3, -0.25) is 9.59 Å². The molecular weight excluding hydrogens is 232 g/mol. The lowest BCUT2D eigenvalue weighted by atomic mass is 10.0. The molecule has 0 heterocycles. The second-order valence-corrected chi connectivity index (χ2v) is 4.60. The Morgan fingerprint density at radius 3 is 2.11 bits per heavy atom. The van der Waals surface area contributed by atoms with E-state index >= 15 is 0 Å². The number of ketones is 1. The maximum Gasteiger partial charge on any atom is 0.311 e. The second-order valence-electron chi connectivity index (χ2n) is 4.60. The highest BCUT2D eigenvalue weighted by Gasteiger charge is 2.14. The first-order valence-corrected chi connectivity index (χ1v) is 5.84. The van der Waals surface area contributed by atoms with E-state index in [0.29, 0.717) is 5.56 Å². The normalized spacial score (nSPS) is 10.5. The number of ether oxygens (including phenoxy) is 1. The zero-order valence-electron chi connectivity index (χ0n) is 11.1. The Morgan fingerprint density at radius 2 is 1.72 bits per heavy atom. The van der Waals surface area contributed by atoms with Crippen LogP contribution in [0.5, 0.6) is 5.75 Å². The standard InChI is InChI=1S/C14H18O4/c1-8(2)18-14-9(3)5-11(6-10(14)4)12(15)7-13(16)17/h5-6,8H,7H2,1-4H3,(H,16,17). The summed E-state index contributed by atoms with van der Waals surface area (Å²) in [6.45, 7) is 7.56. The average molecular weight is 250 g/mol. The minimum Gasteiger partial charge on any atom is -0.490 e. The fraction of sp³-hybridized carbons (Fsp3) is 0.429. The Kier molecular flexibility index (Phi) is 4.48. The molecule has 0 aliphatic carbocycles. The van der Waals surface area contributed by atoms with Gasteiger partial charge >= 0.3 is 5.97 Å². The van der Waals surface area contributed by atoms with Crippen molar-refractivity contribution in [2.24, 2.45) is 0 Å². The molecule has 1 rings (SSSR count). The zero-order valence-corrected chi connectivity index (χ0v) is 11.1. The molecule has 0 fully saturated rings. The van der Waals surface area contributed by atoms with Crippen LogP contribution in [0.2, 0.25) is 0 Å². The van der Waals surface area contributed by atoms with Crippen molar-refractivity contribution >= 4 is 11.8 Å². The summed E-state index contributed by atoms with van der Waals surface area (Å²) in [5.41, 5.74) is 2.11. The van der Waals surface area contributed by atoms with Crippen molar-refractivity contribution in [2.75, 3.05) is 0 Å². The van der Waals surface area contributed by atoms with Crippen LogP contribution in [0.1, 0.15) is 41.8 Å². The molecule has 0 aromatic heterocycles. The Morgan fingerprint density at radius 1 is 1.22 bits per heavy atom. The van der Waals surface area contributed by atoms with E-state index in [1.54, 1.807) is 12.1 Å². The Labute approximate surface area is 107 Å². The fourth-order valence-corrected chi connectivity index (χ4v) is 1.77. The van der Waals surface area contributed by atoms with Crippen molar-refractivity contribution in [1.82, 2.24) is 0 Å². The van der Waals surface area contributed by atoms with Crippen LogP contribution in [-0.4, -0.2) is 23.0 Å². The summed E-state index contributed by atoms with van der Waals surface area (Å²) in [7, 11) is 0. The van der Waals surface area contributed by atoms with E-state index in [-0.39, 0.29) is 11.9 Å². The molecule has 0 bridgehead atoms. The van der Waals surface area contributed by atoms with Crippen LogP contribution in [-0.2, 0) is 4.79 Å². The maximum absolute atomic E-state index is 11.7. The van der Waals surface area contributed by atoms with Crippen molar-refractivity contribution in [3.63, 3.8) is 0 Å². The summed E-state index contributed by atoms with van der Waals surface area (Å²) in [5, 5.41) is 8.61. The Balaban J connectivity index is 3.06. The highest BCUT2D eigenvalue weighted by Crippen LogP contribution is 2.26. The highest BCUT2D eigenvalue weighted by molar-refractivity contribution is 6.05. The molecule has 0 saturated heterocycles. The minimum absolute atomic E-state index is 0.0583. The van der Waals surface area contributed by atoms with E-state index in [2.05, 4.69) is 0 Å². The van der Waals surface area contributed by atoms with Crippen LogP contribution in [0.25, 0.3) is 0 Å². The molecule has 1 aromatic rings. The van der Waals surface area contributed by atoms with Crippen molar-refractivity contribution in [3.8, 4) is 5.75 Å². The quantitative estimate of drug-likeness (QED) is 0.644. The molecule has 0 unspecified atom stereocenters. The number of aryl methyl sites for hydroxylation is 2. The molecule has 0 amide bonds. The number of Topliss-reactive ketones (excluding diaryl/α,β-unsaturated/α-hetero) is 1. The van der Waals surface area contributed by atoms with E-state index in [1.165, 1.54) is 0 Å². The van der Waals surface area contributed by atoms with Gasteiger partial charge in [0.05, 0.1) is 6.10 Å². The first kappa shape index (κ1) is 14.2. The van der Waals surface area contributed by atoms with Gasteiger partial charge in [0.15, 0.2) is 5.78 Å². The molecule has 0 aliphatic heterocycles. The van der Waals surface area contributed by atoms with Gasteiger partial charge < -0.3 is 9.84 Å². The summed E-state index contributed by atoms with van der Waals surface area (Å²) in [5.74, 6) is -0.737. The van der Waals surface area contributed by atoms with Gasteiger partial charge in [-0.15, -0.1) is 0 Å². The summed E-state index contributed by atoms with van der Waals surface area (Å²) in [6.07, 6.45) is -0.425. The maximum atomic E-state index is 11.7. The molecule has 1 N–H and O–H groups in total. The van der Waals surface area contributed by atoms with E-state index in [9.17, 15) is 9.59 Å². The minimum atomic E-state index is -1.11.